The number of nitrogens with one attached hydrogen (secondary N) is 1. The van der Waals surface area contributed by atoms with Crippen LogP contribution in [-0.2, 0) is 0 Å². The maximum Gasteiger partial charge on any atom is 0.340 e. The fourth-order valence-corrected chi connectivity index (χ4v) is 0.891. The Labute approximate surface area is 80.0 Å². The number of hydrogen-bond donors (Lipinski definition) is 2. The van der Waals surface area contributed by atoms with Gasteiger partial charge in [-0.05, 0) is 12.1 Å². The molecule has 0 spiro atoms. The van der Waals surface area contributed by atoms with Crippen LogP contribution in [0, 0.1) is 5.21 Å². The van der Waals surface area contributed by atoms with Gasteiger partial charge in [0.05, 0.1) is 5.22 Å². The van der Waals surface area contributed by atoms with Crippen LogP contribution in [-0.4, -0.2) is 23.0 Å². The van der Waals surface area contributed by atoms with Crippen molar-refractivity contribution in [2.45, 2.75) is 0 Å². The number of hydrogen-bond acceptors (Lipinski definition) is 3. The predicted octanol–water partition coefficient (Wildman–Crippen LogP) is 1.30. The summed E-state index contributed by atoms with van der Waals surface area (Å²) in [5.74, 6) is -1.07. The molecule has 0 aliphatic rings. The highest BCUT2D eigenvalue weighted by molar-refractivity contribution is 5.94. The molecule has 0 fully saturated rings. The van der Waals surface area contributed by atoms with Crippen molar-refractivity contribution in [3.05, 3.63) is 35.0 Å². The Morgan fingerprint density at radius 3 is 2.79 bits per heavy atom. The average molecular weight is 195 g/mol. The number of carboxylic acids is 1. The molecule has 0 aliphatic heterocycles. The Morgan fingerprint density at radius 2 is 2.21 bits per heavy atom. The van der Waals surface area contributed by atoms with Gasteiger partial charge in [0.15, 0.2) is 5.69 Å². The maximum absolute atomic E-state index is 10.7. The number of rotatable bonds is 3. The lowest BCUT2D eigenvalue weighted by Crippen LogP contribution is -2.03. The third kappa shape index (κ3) is 2.44. The van der Waals surface area contributed by atoms with E-state index in [1.807, 2.05) is 0 Å². The molecule has 6 nitrogen and oxygen atoms in total. The summed E-state index contributed by atoms with van der Waals surface area (Å²) in [6, 6.07) is 6.19. The lowest BCUT2D eigenvalue weighted by Gasteiger charge is -2.00. The van der Waals surface area contributed by atoms with E-state index in [4.69, 9.17) is 5.11 Å². The molecule has 0 bridgehead atoms. The number of anilines is 1. The van der Waals surface area contributed by atoms with Gasteiger partial charge in [-0.3, -0.25) is 0 Å². The molecule has 6 heteroatoms. The molecule has 14 heavy (non-hydrogen) atoms. The molecule has 1 rings (SSSR count). The molecule has 0 atom stereocenters. The summed E-state index contributed by atoms with van der Waals surface area (Å²) in [4.78, 5) is 11.0. The maximum atomic E-state index is 10.7. The largest absolute Gasteiger partial charge is 0.696 e. The van der Waals surface area contributed by atoms with E-state index >= 15 is 0 Å². The second-order valence-corrected chi connectivity index (χ2v) is 2.53. The SMILES string of the molecule is C/[N+]([O-])=N\Nc1ccccc1C(=O)O. The summed E-state index contributed by atoms with van der Waals surface area (Å²) in [6.45, 7) is 0. The minimum atomic E-state index is -1.07. The van der Waals surface area contributed by atoms with Gasteiger partial charge >= 0.3 is 5.97 Å². The van der Waals surface area contributed by atoms with Crippen LogP contribution in [0.1, 0.15) is 10.4 Å². The van der Waals surface area contributed by atoms with Crippen molar-refractivity contribution in [3.63, 3.8) is 0 Å². The first kappa shape index (κ1) is 9.97. The molecule has 1 aromatic carbocycles. The smallest absolute Gasteiger partial charge is 0.340 e. The predicted molar refractivity (Wildman–Crippen MR) is 49.0 cm³/mol. The van der Waals surface area contributed by atoms with Crippen LogP contribution in [0.2, 0.25) is 0 Å². The molecule has 0 unspecified atom stereocenters. The number of para-hydroxylation sites is 1. The fourth-order valence-electron chi connectivity index (χ4n) is 0.891. The van der Waals surface area contributed by atoms with Gasteiger partial charge in [0, 0.05) is 0 Å². The minimum Gasteiger partial charge on any atom is -0.696 e. The number of hydroxylamine groups is 1. The van der Waals surface area contributed by atoms with Gasteiger partial charge in [0.25, 0.3) is 0 Å². The van der Waals surface area contributed by atoms with Crippen molar-refractivity contribution < 1.29 is 14.8 Å². The first-order valence-corrected chi connectivity index (χ1v) is 3.81. The molecular formula is C8H9N3O3. The summed E-state index contributed by atoms with van der Waals surface area (Å²) in [7, 11) is 1.19. The number of carbonyl (C=O) groups is 1. The number of nitrogens with zero attached hydrogens (tertiary/aromatic N) is 2. The molecule has 0 saturated carbocycles. The highest BCUT2D eigenvalue weighted by atomic mass is 16.5. The number of aromatic carboxylic acids is 1. The second kappa shape index (κ2) is 4.22. The van der Waals surface area contributed by atoms with Gasteiger partial charge in [-0.2, -0.15) is 4.86 Å². The van der Waals surface area contributed by atoms with Crippen LogP contribution in [0.25, 0.3) is 0 Å². The van der Waals surface area contributed by atoms with Crippen molar-refractivity contribution in [1.29, 1.82) is 0 Å². The van der Waals surface area contributed by atoms with Crippen LogP contribution in [0.15, 0.2) is 29.5 Å². The molecule has 0 heterocycles. The summed E-state index contributed by atoms with van der Waals surface area (Å²) in [5, 5.41) is 22.5. The van der Waals surface area contributed by atoms with E-state index in [9.17, 15) is 10.0 Å². The zero-order valence-corrected chi connectivity index (χ0v) is 7.47. The topological polar surface area (TPSA) is 87.8 Å². The Kier molecular flexibility index (Phi) is 3.01. The van der Waals surface area contributed by atoms with E-state index in [0.29, 0.717) is 4.86 Å². The summed E-state index contributed by atoms with van der Waals surface area (Å²) in [5.41, 5.74) is 2.70. The van der Waals surface area contributed by atoms with E-state index < -0.39 is 5.97 Å². The van der Waals surface area contributed by atoms with Gasteiger partial charge in [-0.1, -0.05) is 12.1 Å². The summed E-state index contributed by atoms with van der Waals surface area (Å²) < 4.78 is 0. The normalized spacial score (nSPS) is 11.1. The first-order valence-electron chi connectivity index (χ1n) is 3.81. The van der Waals surface area contributed by atoms with Crippen LogP contribution in [0.5, 0.6) is 0 Å². The molecule has 2 N–H and O–H groups in total. The number of carboxylic acid groups (broad SMARTS) is 1. The summed E-state index contributed by atoms with van der Waals surface area (Å²) >= 11 is 0. The van der Waals surface area contributed by atoms with Crippen molar-refractivity contribution >= 4 is 11.7 Å². The Hall–Kier alpha value is -2.11. The van der Waals surface area contributed by atoms with E-state index in [1.54, 1.807) is 12.1 Å². The van der Waals surface area contributed by atoms with Crippen molar-refractivity contribution in [2.75, 3.05) is 12.5 Å². The van der Waals surface area contributed by atoms with Crippen LogP contribution in [0.3, 0.4) is 0 Å². The zero-order chi connectivity index (χ0) is 10.6. The lowest BCUT2D eigenvalue weighted by molar-refractivity contribution is -0.497. The molecule has 0 amide bonds. The van der Waals surface area contributed by atoms with Crippen LogP contribution in [0.4, 0.5) is 5.69 Å². The van der Waals surface area contributed by atoms with Crippen molar-refractivity contribution in [3.8, 4) is 0 Å². The van der Waals surface area contributed by atoms with Crippen LogP contribution >= 0.6 is 0 Å². The molecule has 0 saturated heterocycles. The molecule has 0 aromatic heterocycles. The fraction of sp³-hybridized carbons (Fsp3) is 0.125. The van der Waals surface area contributed by atoms with Gasteiger partial charge in [0.2, 0.25) is 0 Å². The first-order chi connectivity index (χ1) is 6.61. The molecular weight excluding hydrogens is 186 g/mol. The molecule has 0 aliphatic carbocycles. The minimum absolute atomic E-state index is 0.0677. The Balaban J connectivity index is 2.96. The van der Waals surface area contributed by atoms with Gasteiger partial charge in [-0.15, -0.1) is 5.43 Å². The average Bonchev–Trinajstić information content (AvgIpc) is 2.15. The van der Waals surface area contributed by atoms with Gasteiger partial charge < -0.3 is 10.3 Å². The second-order valence-electron chi connectivity index (χ2n) is 2.53. The third-order valence-corrected chi connectivity index (χ3v) is 1.47. The molecule has 1 aromatic rings. The molecule has 0 radical (unpaired) electrons. The van der Waals surface area contributed by atoms with Gasteiger partial charge in [0.1, 0.15) is 12.6 Å². The van der Waals surface area contributed by atoms with E-state index in [-0.39, 0.29) is 11.3 Å². The van der Waals surface area contributed by atoms with Gasteiger partial charge in [-0.25, -0.2) is 4.79 Å². The molecule has 74 valence electrons. The van der Waals surface area contributed by atoms with Crippen molar-refractivity contribution in [1.82, 2.24) is 0 Å². The van der Waals surface area contributed by atoms with Crippen molar-refractivity contribution in [2.24, 2.45) is 5.22 Å². The highest BCUT2D eigenvalue weighted by Gasteiger charge is 2.11. The number of benzene rings is 1. The van der Waals surface area contributed by atoms with E-state index in [0.717, 1.165) is 0 Å². The Bertz CT molecular complexity index is 372. The van der Waals surface area contributed by atoms with E-state index in [1.165, 1.54) is 19.2 Å². The zero-order valence-electron chi connectivity index (χ0n) is 7.47. The monoisotopic (exact) mass is 195 g/mol. The summed E-state index contributed by atoms with van der Waals surface area (Å²) in [6.07, 6.45) is 0. The van der Waals surface area contributed by atoms with Crippen LogP contribution < -0.4 is 5.43 Å². The standard InChI is InChI=1S/C8H9N3O3/c1-11(14)10-9-7-5-3-2-4-6(7)8(12)13/h2-5,9H,1H3,(H,12,13)/b11-10+. The van der Waals surface area contributed by atoms with E-state index in [2.05, 4.69) is 10.6 Å². The third-order valence-electron chi connectivity index (χ3n) is 1.47. The Morgan fingerprint density at radius 1 is 1.57 bits per heavy atom. The quantitative estimate of drug-likeness (QED) is 0.432. The lowest BCUT2D eigenvalue weighted by atomic mass is 10.2. The highest BCUT2D eigenvalue weighted by Crippen LogP contribution is 2.14.